The van der Waals surface area contributed by atoms with E-state index in [1.165, 1.54) is 0 Å². The van der Waals surface area contributed by atoms with Crippen LogP contribution in [-0.4, -0.2) is 33.4 Å². The molecule has 0 saturated carbocycles. The maximum absolute atomic E-state index is 4.92. The van der Waals surface area contributed by atoms with Gasteiger partial charge in [0.25, 0.3) is 0 Å². The molecule has 10 heavy (non-hydrogen) atoms. The van der Waals surface area contributed by atoms with E-state index in [1.807, 2.05) is 7.05 Å². The topological polar surface area (TPSA) is 33.3 Å². The first-order chi connectivity index (χ1) is 4.85. The van der Waals surface area contributed by atoms with E-state index in [1.54, 1.807) is 13.3 Å². The number of hydrogen-bond donors (Lipinski definition) is 2. The minimum absolute atomic E-state index is 0.505. The summed E-state index contributed by atoms with van der Waals surface area (Å²) in [5.74, 6) is 0. The highest BCUT2D eigenvalue weighted by Crippen LogP contribution is 1.92. The number of methoxy groups -OCH3 is 1. The number of hydrogen-bond acceptors (Lipinski definition) is 3. The van der Waals surface area contributed by atoms with Crippen LogP contribution in [0.25, 0.3) is 0 Å². The van der Waals surface area contributed by atoms with Crippen LogP contribution in [0.1, 0.15) is 0 Å². The first-order valence-electron chi connectivity index (χ1n) is 3.36. The van der Waals surface area contributed by atoms with E-state index in [0.29, 0.717) is 6.10 Å². The predicted molar refractivity (Wildman–Crippen MR) is 42.9 cm³/mol. The smallest absolute Gasteiger partial charge is 0.0819 e. The van der Waals surface area contributed by atoms with Crippen LogP contribution in [-0.2, 0) is 4.74 Å². The molecular weight excluding hydrogens is 128 g/mol. The Bertz CT molecular complexity index is 78.9. The normalized spacial score (nSPS) is 16.2. The second-order valence-electron chi connectivity index (χ2n) is 2.01. The van der Waals surface area contributed by atoms with Crippen molar-refractivity contribution in [1.82, 2.24) is 10.6 Å². The van der Waals surface area contributed by atoms with Gasteiger partial charge in [-0.2, -0.15) is 0 Å². The highest BCUT2D eigenvalue weighted by molar-refractivity contribution is 4.73. The van der Waals surface area contributed by atoms with E-state index in [9.17, 15) is 0 Å². The molecule has 1 heterocycles. The molecule has 2 N–H and O–H groups in total. The van der Waals surface area contributed by atoms with Gasteiger partial charge >= 0.3 is 0 Å². The van der Waals surface area contributed by atoms with E-state index >= 15 is 0 Å². The summed E-state index contributed by atoms with van der Waals surface area (Å²) in [5.41, 5.74) is 0. The fraction of sp³-hybridized carbons (Fsp3) is 0.714. The second-order valence-corrected chi connectivity index (χ2v) is 2.01. The van der Waals surface area contributed by atoms with E-state index < -0.39 is 0 Å². The van der Waals surface area contributed by atoms with Gasteiger partial charge in [0.1, 0.15) is 0 Å². The molecule has 0 aromatic rings. The van der Waals surface area contributed by atoms with Crippen LogP contribution in [0.3, 0.4) is 0 Å². The van der Waals surface area contributed by atoms with Crippen LogP contribution in [0, 0.1) is 0 Å². The molecule has 1 aliphatic heterocycles. The van der Waals surface area contributed by atoms with Crippen LogP contribution < -0.4 is 10.6 Å². The van der Waals surface area contributed by atoms with E-state index in [4.69, 9.17) is 4.74 Å². The van der Waals surface area contributed by atoms with Gasteiger partial charge in [-0.15, -0.1) is 0 Å². The van der Waals surface area contributed by atoms with Crippen molar-refractivity contribution in [1.29, 1.82) is 0 Å². The maximum Gasteiger partial charge on any atom is 0.0819 e. The summed E-state index contributed by atoms with van der Waals surface area (Å²) in [6.45, 7) is 5.44. The molecule has 3 nitrogen and oxygen atoms in total. The SMILES string of the molecule is C=CNC.COC1CNC1. The van der Waals surface area contributed by atoms with Gasteiger partial charge < -0.3 is 15.4 Å². The third-order valence-electron chi connectivity index (χ3n) is 1.28. The highest BCUT2D eigenvalue weighted by atomic mass is 16.5. The summed E-state index contributed by atoms with van der Waals surface area (Å²) in [7, 11) is 3.55. The van der Waals surface area contributed by atoms with Gasteiger partial charge in [-0.3, -0.25) is 0 Å². The van der Waals surface area contributed by atoms with E-state index in [0.717, 1.165) is 13.1 Å². The van der Waals surface area contributed by atoms with E-state index in [2.05, 4.69) is 17.2 Å². The Labute approximate surface area is 62.5 Å². The van der Waals surface area contributed by atoms with Crippen molar-refractivity contribution in [2.75, 3.05) is 27.2 Å². The van der Waals surface area contributed by atoms with Gasteiger partial charge in [-0.1, -0.05) is 6.58 Å². The molecule has 1 aliphatic rings. The third-order valence-corrected chi connectivity index (χ3v) is 1.28. The van der Waals surface area contributed by atoms with Crippen molar-refractivity contribution in [3.05, 3.63) is 12.8 Å². The lowest BCUT2D eigenvalue weighted by Crippen LogP contribution is -2.47. The summed E-state index contributed by atoms with van der Waals surface area (Å²) >= 11 is 0. The zero-order chi connectivity index (χ0) is 7.82. The Morgan fingerprint density at radius 2 is 2.20 bits per heavy atom. The predicted octanol–water partition coefficient (Wildman–Crippen LogP) is -0.0461. The molecule has 0 bridgehead atoms. The molecule has 0 aliphatic carbocycles. The van der Waals surface area contributed by atoms with Crippen molar-refractivity contribution in [2.24, 2.45) is 0 Å². The molecule has 60 valence electrons. The molecule has 0 amide bonds. The summed E-state index contributed by atoms with van der Waals surface area (Å²) in [6.07, 6.45) is 2.13. The second kappa shape index (κ2) is 6.58. The van der Waals surface area contributed by atoms with Gasteiger partial charge in [0, 0.05) is 27.2 Å². The standard InChI is InChI=1S/C4H9NO.C3H7N/c1-6-4-2-5-3-4;1-3-4-2/h4-5H,2-3H2,1H3;3-4H,1H2,2H3. The van der Waals surface area contributed by atoms with Gasteiger partial charge in [-0.25, -0.2) is 0 Å². The van der Waals surface area contributed by atoms with Crippen molar-refractivity contribution in [3.8, 4) is 0 Å². The van der Waals surface area contributed by atoms with Crippen LogP contribution in [0.15, 0.2) is 12.8 Å². The van der Waals surface area contributed by atoms with E-state index in [-0.39, 0.29) is 0 Å². The zero-order valence-electron chi connectivity index (χ0n) is 6.68. The quantitative estimate of drug-likeness (QED) is 0.570. The molecule has 1 saturated heterocycles. The average Bonchev–Trinajstić information content (AvgIpc) is 1.87. The zero-order valence-corrected chi connectivity index (χ0v) is 6.68. The van der Waals surface area contributed by atoms with Crippen molar-refractivity contribution < 1.29 is 4.74 Å². The van der Waals surface area contributed by atoms with Crippen molar-refractivity contribution in [3.63, 3.8) is 0 Å². The minimum Gasteiger partial charge on any atom is -0.394 e. The third kappa shape index (κ3) is 4.35. The number of rotatable bonds is 2. The minimum atomic E-state index is 0.505. The average molecular weight is 144 g/mol. The Morgan fingerprint density at radius 3 is 2.20 bits per heavy atom. The number of nitrogens with one attached hydrogen (secondary N) is 2. The lowest BCUT2D eigenvalue weighted by Gasteiger charge is -2.24. The molecular formula is C7H16N2O. The monoisotopic (exact) mass is 144 g/mol. The summed E-state index contributed by atoms with van der Waals surface area (Å²) in [6, 6.07) is 0. The Morgan fingerprint density at radius 1 is 1.70 bits per heavy atom. The fourth-order valence-corrected chi connectivity index (χ4v) is 0.429. The lowest BCUT2D eigenvalue weighted by molar-refractivity contribution is 0.0600. The van der Waals surface area contributed by atoms with Gasteiger partial charge in [-0.05, 0) is 6.20 Å². The Kier molecular flexibility index (Phi) is 6.22. The molecule has 0 aromatic heterocycles. The van der Waals surface area contributed by atoms with Crippen molar-refractivity contribution in [2.45, 2.75) is 6.10 Å². The Balaban J connectivity index is 0.000000180. The summed E-state index contributed by atoms with van der Waals surface area (Å²) in [5, 5.41) is 5.78. The van der Waals surface area contributed by atoms with Gasteiger partial charge in [0.2, 0.25) is 0 Å². The molecule has 0 spiro atoms. The van der Waals surface area contributed by atoms with Gasteiger partial charge in [0.15, 0.2) is 0 Å². The lowest BCUT2D eigenvalue weighted by atomic mass is 10.2. The highest BCUT2D eigenvalue weighted by Gasteiger charge is 2.13. The summed E-state index contributed by atoms with van der Waals surface area (Å²) < 4.78 is 4.92. The molecule has 0 aromatic carbocycles. The van der Waals surface area contributed by atoms with Crippen LogP contribution >= 0.6 is 0 Å². The molecule has 0 unspecified atom stereocenters. The molecule has 1 rings (SSSR count). The summed E-state index contributed by atoms with van der Waals surface area (Å²) in [4.78, 5) is 0. The molecule has 1 fully saturated rings. The largest absolute Gasteiger partial charge is 0.394 e. The molecule has 0 radical (unpaired) electrons. The molecule has 3 heteroatoms. The maximum atomic E-state index is 4.92. The Hall–Kier alpha value is -0.540. The van der Waals surface area contributed by atoms with Crippen LogP contribution in [0.5, 0.6) is 0 Å². The molecule has 0 atom stereocenters. The van der Waals surface area contributed by atoms with Crippen LogP contribution in [0.4, 0.5) is 0 Å². The van der Waals surface area contributed by atoms with Crippen molar-refractivity contribution >= 4 is 0 Å². The fourth-order valence-electron chi connectivity index (χ4n) is 0.429. The first kappa shape index (κ1) is 9.46. The van der Waals surface area contributed by atoms with Gasteiger partial charge in [0.05, 0.1) is 6.10 Å². The number of ether oxygens (including phenoxy) is 1. The van der Waals surface area contributed by atoms with Crippen LogP contribution in [0.2, 0.25) is 0 Å². The first-order valence-corrected chi connectivity index (χ1v) is 3.36.